The van der Waals surface area contributed by atoms with E-state index in [1.807, 2.05) is 6.07 Å². The summed E-state index contributed by atoms with van der Waals surface area (Å²) in [5.41, 5.74) is 6.49. The SMILES string of the molecule is COc1cc(CC(CCCCCC(C)C)C(N)=O)ccc1O. The number of primary amides is 1. The first-order valence-electron chi connectivity index (χ1n) is 8.09. The number of aromatic hydroxyl groups is 1. The molecule has 0 fully saturated rings. The van der Waals surface area contributed by atoms with Crippen molar-refractivity contribution < 1.29 is 14.6 Å². The van der Waals surface area contributed by atoms with Gasteiger partial charge >= 0.3 is 0 Å². The summed E-state index contributed by atoms with van der Waals surface area (Å²) >= 11 is 0. The molecule has 0 spiro atoms. The zero-order valence-corrected chi connectivity index (χ0v) is 14.0. The van der Waals surface area contributed by atoms with Crippen molar-refractivity contribution in [3.63, 3.8) is 0 Å². The Hall–Kier alpha value is -1.71. The van der Waals surface area contributed by atoms with E-state index < -0.39 is 0 Å². The number of amides is 1. The third kappa shape index (κ3) is 6.37. The van der Waals surface area contributed by atoms with Crippen molar-refractivity contribution in [3.8, 4) is 11.5 Å². The van der Waals surface area contributed by atoms with Crippen LogP contribution in [0.2, 0.25) is 0 Å². The second-order valence-corrected chi connectivity index (χ2v) is 6.34. The molecule has 124 valence electrons. The van der Waals surface area contributed by atoms with Crippen molar-refractivity contribution in [1.29, 1.82) is 0 Å². The molecular formula is C18H29NO3. The van der Waals surface area contributed by atoms with Gasteiger partial charge in [0.05, 0.1) is 7.11 Å². The molecule has 3 N–H and O–H groups in total. The van der Waals surface area contributed by atoms with Gasteiger partial charge in [-0.15, -0.1) is 0 Å². The van der Waals surface area contributed by atoms with Crippen LogP contribution in [0.1, 0.15) is 51.5 Å². The molecule has 1 atom stereocenters. The van der Waals surface area contributed by atoms with Gasteiger partial charge < -0.3 is 15.6 Å². The molecule has 0 saturated carbocycles. The molecule has 0 aliphatic carbocycles. The average Bonchev–Trinajstić information content (AvgIpc) is 2.46. The van der Waals surface area contributed by atoms with Crippen LogP contribution in [-0.4, -0.2) is 18.1 Å². The van der Waals surface area contributed by atoms with Gasteiger partial charge in [-0.1, -0.05) is 45.6 Å². The predicted molar refractivity (Wildman–Crippen MR) is 89.0 cm³/mol. The highest BCUT2D eigenvalue weighted by Crippen LogP contribution is 2.28. The molecule has 0 heterocycles. The molecule has 0 saturated heterocycles. The number of unbranched alkanes of at least 4 members (excludes halogenated alkanes) is 2. The normalized spacial score (nSPS) is 12.4. The fraction of sp³-hybridized carbons (Fsp3) is 0.611. The predicted octanol–water partition coefficient (Wildman–Crippen LogP) is 3.65. The van der Waals surface area contributed by atoms with Crippen LogP contribution < -0.4 is 10.5 Å². The van der Waals surface area contributed by atoms with Gasteiger partial charge in [0.25, 0.3) is 0 Å². The van der Waals surface area contributed by atoms with E-state index in [0.717, 1.165) is 30.7 Å². The number of carbonyl (C=O) groups excluding carboxylic acids is 1. The monoisotopic (exact) mass is 307 g/mol. The van der Waals surface area contributed by atoms with Gasteiger partial charge in [-0.05, 0) is 36.5 Å². The highest BCUT2D eigenvalue weighted by atomic mass is 16.5. The van der Waals surface area contributed by atoms with Crippen LogP contribution in [0.5, 0.6) is 11.5 Å². The van der Waals surface area contributed by atoms with Gasteiger partial charge in [-0.3, -0.25) is 4.79 Å². The van der Waals surface area contributed by atoms with Gasteiger partial charge in [0.1, 0.15) is 0 Å². The van der Waals surface area contributed by atoms with Crippen molar-refractivity contribution in [2.75, 3.05) is 7.11 Å². The lowest BCUT2D eigenvalue weighted by Gasteiger charge is -2.14. The number of hydrogen-bond acceptors (Lipinski definition) is 3. The molecule has 4 heteroatoms. The van der Waals surface area contributed by atoms with Crippen LogP contribution in [0, 0.1) is 11.8 Å². The smallest absolute Gasteiger partial charge is 0.220 e. The number of ether oxygens (including phenoxy) is 1. The summed E-state index contributed by atoms with van der Waals surface area (Å²) in [6, 6.07) is 5.17. The summed E-state index contributed by atoms with van der Waals surface area (Å²) in [6.45, 7) is 4.45. The lowest BCUT2D eigenvalue weighted by molar-refractivity contribution is -0.122. The lowest BCUT2D eigenvalue weighted by Crippen LogP contribution is -2.25. The van der Waals surface area contributed by atoms with Gasteiger partial charge in [-0.25, -0.2) is 0 Å². The Balaban J connectivity index is 2.52. The maximum absolute atomic E-state index is 11.6. The van der Waals surface area contributed by atoms with Crippen LogP contribution >= 0.6 is 0 Å². The molecule has 0 radical (unpaired) electrons. The minimum atomic E-state index is -0.254. The van der Waals surface area contributed by atoms with E-state index in [9.17, 15) is 9.90 Å². The van der Waals surface area contributed by atoms with E-state index in [4.69, 9.17) is 10.5 Å². The van der Waals surface area contributed by atoms with E-state index in [2.05, 4.69) is 13.8 Å². The molecule has 1 unspecified atom stereocenters. The third-order valence-corrected chi connectivity index (χ3v) is 3.96. The van der Waals surface area contributed by atoms with Crippen LogP contribution in [-0.2, 0) is 11.2 Å². The maximum Gasteiger partial charge on any atom is 0.220 e. The standard InChI is InChI=1S/C18H29NO3/c1-13(2)7-5-4-6-8-15(18(19)21)11-14-9-10-16(20)17(12-14)22-3/h9-10,12-13,15,20H,4-8,11H2,1-3H3,(H2,19,21). The van der Waals surface area contributed by atoms with Gasteiger partial charge in [-0.2, -0.15) is 0 Å². The fourth-order valence-electron chi connectivity index (χ4n) is 2.60. The van der Waals surface area contributed by atoms with E-state index in [0.29, 0.717) is 12.2 Å². The molecule has 1 amide bonds. The zero-order chi connectivity index (χ0) is 16.5. The van der Waals surface area contributed by atoms with Crippen LogP contribution in [0.15, 0.2) is 18.2 Å². The molecule has 0 aliphatic heterocycles. The first kappa shape index (κ1) is 18.3. The lowest BCUT2D eigenvalue weighted by atomic mass is 9.92. The summed E-state index contributed by atoms with van der Waals surface area (Å²) in [5.74, 6) is 0.855. The number of nitrogens with two attached hydrogens (primary N) is 1. The van der Waals surface area contributed by atoms with Crippen molar-refractivity contribution in [1.82, 2.24) is 0 Å². The minimum absolute atomic E-state index is 0.107. The number of methoxy groups -OCH3 is 1. The van der Waals surface area contributed by atoms with Crippen molar-refractivity contribution in [2.24, 2.45) is 17.6 Å². The second-order valence-electron chi connectivity index (χ2n) is 6.34. The van der Waals surface area contributed by atoms with E-state index in [1.165, 1.54) is 20.0 Å². The number of rotatable bonds is 10. The molecule has 1 aromatic rings. The van der Waals surface area contributed by atoms with E-state index >= 15 is 0 Å². The van der Waals surface area contributed by atoms with Crippen molar-refractivity contribution in [2.45, 2.75) is 52.4 Å². The molecule has 1 rings (SSSR count). The summed E-state index contributed by atoms with van der Waals surface area (Å²) < 4.78 is 5.10. The zero-order valence-electron chi connectivity index (χ0n) is 14.0. The quantitative estimate of drug-likeness (QED) is 0.648. The Morgan fingerprint density at radius 2 is 1.91 bits per heavy atom. The molecule has 0 aromatic heterocycles. The van der Waals surface area contributed by atoms with Gasteiger partial charge in [0.2, 0.25) is 5.91 Å². The molecule has 0 bridgehead atoms. The minimum Gasteiger partial charge on any atom is -0.504 e. The van der Waals surface area contributed by atoms with Gasteiger partial charge in [0.15, 0.2) is 11.5 Å². The Bertz CT molecular complexity index is 471. The van der Waals surface area contributed by atoms with E-state index in [-0.39, 0.29) is 17.6 Å². The van der Waals surface area contributed by atoms with E-state index in [1.54, 1.807) is 12.1 Å². The summed E-state index contributed by atoms with van der Waals surface area (Å²) in [6.07, 6.45) is 6.01. The number of carbonyl (C=O) groups is 1. The molecule has 22 heavy (non-hydrogen) atoms. The third-order valence-electron chi connectivity index (χ3n) is 3.96. The summed E-state index contributed by atoms with van der Waals surface area (Å²) in [5, 5.41) is 9.61. The molecule has 0 aliphatic rings. The Kier molecular flexibility index (Phi) is 7.78. The second kappa shape index (κ2) is 9.34. The number of phenolic OH excluding ortho intramolecular Hbond substituents is 1. The Labute approximate surface area is 133 Å². The number of hydrogen-bond donors (Lipinski definition) is 2. The fourth-order valence-corrected chi connectivity index (χ4v) is 2.60. The Morgan fingerprint density at radius 1 is 1.23 bits per heavy atom. The summed E-state index contributed by atoms with van der Waals surface area (Å²) in [4.78, 5) is 11.6. The largest absolute Gasteiger partial charge is 0.504 e. The first-order chi connectivity index (χ1) is 10.4. The van der Waals surface area contributed by atoms with Crippen molar-refractivity contribution in [3.05, 3.63) is 23.8 Å². The highest BCUT2D eigenvalue weighted by molar-refractivity contribution is 5.77. The van der Waals surface area contributed by atoms with Crippen LogP contribution in [0.25, 0.3) is 0 Å². The number of benzene rings is 1. The first-order valence-corrected chi connectivity index (χ1v) is 8.09. The van der Waals surface area contributed by atoms with Crippen LogP contribution in [0.4, 0.5) is 0 Å². The molecule has 1 aromatic carbocycles. The Morgan fingerprint density at radius 3 is 2.50 bits per heavy atom. The average molecular weight is 307 g/mol. The molecular weight excluding hydrogens is 278 g/mol. The van der Waals surface area contributed by atoms with Crippen molar-refractivity contribution >= 4 is 5.91 Å². The highest BCUT2D eigenvalue weighted by Gasteiger charge is 2.16. The molecule has 4 nitrogen and oxygen atoms in total. The number of phenols is 1. The summed E-state index contributed by atoms with van der Waals surface area (Å²) in [7, 11) is 1.51. The maximum atomic E-state index is 11.6. The van der Waals surface area contributed by atoms with Crippen LogP contribution in [0.3, 0.4) is 0 Å². The van der Waals surface area contributed by atoms with Gasteiger partial charge in [0, 0.05) is 5.92 Å². The topological polar surface area (TPSA) is 72.5 Å².